The second kappa shape index (κ2) is 6.25. The van der Waals surface area contributed by atoms with Gasteiger partial charge in [-0.1, -0.05) is 6.07 Å². The Balaban J connectivity index is 1.78. The van der Waals surface area contributed by atoms with Gasteiger partial charge < -0.3 is 5.32 Å². The third kappa shape index (κ3) is 3.49. The molecule has 0 saturated heterocycles. The van der Waals surface area contributed by atoms with Gasteiger partial charge in [-0.3, -0.25) is 4.79 Å². The van der Waals surface area contributed by atoms with Crippen molar-refractivity contribution in [3.05, 3.63) is 66.7 Å². The summed E-state index contributed by atoms with van der Waals surface area (Å²) in [6.45, 7) is 0. The van der Waals surface area contributed by atoms with Crippen molar-refractivity contribution >= 4 is 21.4 Å². The van der Waals surface area contributed by atoms with Crippen molar-refractivity contribution in [2.24, 2.45) is 0 Å². The van der Waals surface area contributed by atoms with Crippen LogP contribution in [0.25, 0.3) is 5.69 Å². The van der Waals surface area contributed by atoms with E-state index in [2.05, 4.69) is 15.4 Å². The van der Waals surface area contributed by atoms with E-state index in [0.29, 0.717) is 5.69 Å². The minimum Gasteiger partial charge on any atom is -0.322 e. The average Bonchev–Trinajstić information content (AvgIpc) is 3.09. The van der Waals surface area contributed by atoms with Crippen LogP contribution >= 0.6 is 0 Å². The van der Waals surface area contributed by atoms with E-state index in [1.807, 2.05) is 0 Å². The third-order valence-corrected chi connectivity index (χ3v) is 4.44. The van der Waals surface area contributed by atoms with Gasteiger partial charge >= 0.3 is 0 Å². The third-order valence-electron chi connectivity index (χ3n) is 3.33. The Bertz CT molecular complexity index is 965. The molecular formula is C16H14N4O3S. The molecule has 24 heavy (non-hydrogen) atoms. The second-order valence-corrected chi connectivity index (χ2v) is 7.16. The maximum Gasteiger partial charge on any atom is 0.255 e. The Morgan fingerprint density at radius 2 is 1.88 bits per heavy atom. The molecular weight excluding hydrogens is 328 g/mol. The van der Waals surface area contributed by atoms with Crippen molar-refractivity contribution < 1.29 is 13.2 Å². The van der Waals surface area contributed by atoms with E-state index < -0.39 is 9.84 Å². The predicted octanol–water partition coefficient (Wildman–Crippen LogP) is 1.92. The van der Waals surface area contributed by atoms with Gasteiger partial charge in [0.25, 0.3) is 5.91 Å². The maximum absolute atomic E-state index is 12.3. The minimum atomic E-state index is -3.36. The highest BCUT2D eigenvalue weighted by Crippen LogP contribution is 2.15. The predicted molar refractivity (Wildman–Crippen MR) is 88.9 cm³/mol. The van der Waals surface area contributed by atoms with Crippen molar-refractivity contribution in [1.82, 2.24) is 14.8 Å². The highest BCUT2D eigenvalue weighted by Gasteiger charge is 2.12. The van der Waals surface area contributed by atoms with E-state index in [9.17, 15) is 13.2 Å². The summed E-state index contributed by atoms with van der Waals surface area (Å²) in [6.07, 6.45) is 4.11. The molecule has 1 heterocycles. The van der Waals surface area contributed by atoms with E-state index in [4.69, 9.17) is 0 Å². The molecule has 1 N–H and O–H groups in total. The first kappa shape index (κ1) is 15.9. The summed E-state index contributed by atoms with van der Waals surface area (Å²) in [5.74, 6) is -0.381. The van der Waals surface area contributed by atoms with Crippen LogP contribution in [0.1, 0.15) is 10.4 Å². The smallest absolute Gasteiger partial charge is 0.255 e. The van der Waals surface area contributed by atoms with E-state index in [1.54, 1.807) is 47.4 Å². The molecule has 2 aromatic carbocycles. The van der Waals surface area contributed by atoms with Gasteiger partial charge in [0.15, 0.2) is 9.84 Å². The minimum absolute atomic E-state index is 0.108. The molecule has 1 amide bonds. The van der Waals surface area contributed by atoms with Gasteiger partial charge in [0.05, 0.1) is 10.6 Å². The molecule has 3 rings (SSSR count). The van der Waals surface area contributed by atoms with Gasteiger partial charge in [-0.05, 0) is 42.5 Å². The highest BCUT2D eigenvalue weighted by atomic mass is 32.2. The standard InChI is InChI=1S/C16H14N4O3S/c1-24(22,23)15-4-2-3-12(9-15)16(21)19-13-5-7-14(8-6-13)20-11-17-10-18-20/h2-11H,1H3,(H,19,21). The number of nitrogens with zero attached hydrogens (tertiary/aromatic N) is 3. The van der Waals surface area contributed by atoms with E-state index in [-0.39, 0.29) is 16.4 Å². The molecule has 0 fully saturated rings. The van der Waals surface area contributed by atoms with E-state index >= 15 is 0 Å². The maximum atomic E-state index is 12.3. The molecule has 122 valence electrons. The topological polar surface area (TPSA) is 94.0 Å². The lowest BCUT2D eigenvalue weighted by molar-refractivity contribution is 0.102. The van der Waals surface area contributed by atoms with Crippen LogP contribution in [0.15, 0.2) is 66.1 Å². The Morgan fingerprint density at radius 1 is 1.12 bits per heavy atom. The molecule has 0 aliphatic rings. The molecule has 1 aromatic heterocycles. The van der Waals surface area contributed by atoms with E-state index in [1.165, 1.54) is 18.5 Å². The van der Waals surface area contributed by atoms with Gasteiger partial charge in [0.2, 0.25) is 0 Å². The summed E-state index contributed by atoms with van der Waals surface area (Å²) in [5, 5.41) is 6.75. The number of sulfone groups is 1. The number of hydrogen-bond acceptors (Lipinski definition) is 5. The fourth-order valence-corrected chi connectivity index (χ4v) is 2.78. The van der Waals surface area contributed by atoms with Gasteiger partial charge in [-0.15, -0.1) is 0 Å². The SMILES string of the molecule is CS(=O)(=O)c1cccc(C(=O)Nc2ccc(-n3cncn3)cc2)c1. The number of hydrogen-bond donors (Lipinski definition) is 1. The van der Waals surface area contributed by atoms with Crippen molar-refractivity contribution in [2.45, 2.75) is 4.90 Å². The average molecular weight is 342 g/mol. The Kier molecular flexibility index (Phi) is 4.13. The van der Waals surface area contributed by atoms with Gasteiger partial charge in [0.1, 0.15) is 12.7 Å². The molecule has 0 radical (unpaired) electrons. The van der Waals surface area contributed by atoms with Crippen molar-refractivity contribution in [3.63, 3.8) is 0 Å². The fourth-order valence-electron chi connectivity index (χ4n) is 2.11. The number of anilines is 1. The van der Waals surface area contributed by atoms with Crippen molar-refractivity contribution in [1.29, 1.82) is 0 Å². The Labute approximate surface area is 138 Å². The lowest BCUT2D eigenvalue weighted by atomic mass is 10.2. The molecule has 0 unspecified atom stereocenters. The summed E-state index contributed by atoms with van der Waals surface area (Å²) < 4.78 is 24.7. The van der Waals surface area contributed by atoms with Crippen LogP contribution in [0.4, 0.5) is 5.69 Å². The summed E-state index contributed by atoms with van der Waals surface area (Å²) in [6, 6.07) is 13.0. The zero-order chi connectivity index (χ0) is 17.2. The second-order valence-electron chi connectivity index (χ2n) is 5.14. The molecule has 0 aliphatic carbocycles. The number of rotatable bonds is 4. The zero-order valence-electron chi connectivity index (χ0n) is 12.7. The molecule has 8 heteroatoms. The Hall–Kier alpha value is -3.00. The lowest BCUT2D eigenvalue weighted by Gasteiger charge is -2.07. The van der Waals surface area contributed by atoms with Crippen molar-refractivity contribution in [2.75, 3.05) is 11.6 Å². The first-order valence-corrected chi connectivity index (χ1v) is 8.89. The molecule has 0 saturated carbocycles. The lowest BCUT2D eigenvalue weighted by Crippen LogP contribution is -2.12. The first-order valence-electron chi connectivity index (χ1n) is 7.00. The quantitative estimate of drug-likeness (QED) is 0.782. The van der Waals surface area contributed by atoms with Gasteiger partial charge in [-0.2, -0.15) is 5.10 Å². The molecule has 0 aliphatic heterocycles. The first-order chi connectivity index (χ1) is 11.4. The summed E-state index contributed by atoms with van der Waals surface area (Å²) >= 11 is 0. The largest absolute Gasteiger partial charge is 0.322 e. The monoisotopic (exact) mass is 342 g/mol. The van der Waals surface area contributed by atoms with Crippen LogP contribution in [0.2, 0.25) is 0 Å². The summed E-state index contributed by atoms with van der Waals surface area (Å²) in [7, 11) is -3.36. The van der Waals surface area contributed by atoms with Crippen LogP contribution in [0, 0.1) is 0 Å². The van der Waals surface area contributed by atoms with Crippen LogP contribution in [0.5, 0.6) is 0 Å². The van der Waals surface area contributed by atoms with Crippen LogP contribution in [-0.2, 0) is 9.84 Å². The van der Waals surface area contributed by atoms with Crippen molar-refractivity contribution in [3.8, 4) is 5.69 Å². The number of nitrogens with one attached hydrogen (secondary N) is 1. The van der Waals surface area contributed by atoms with Crippen LogP contribution in [-0.4, -0.2) is 35.3 Å². The molecule has 0 atom stereocenters. The normalized spacial score (nSPS) is 11.2. The van der Waals surface area contributed by atoms with Gasteiger partial charge in [-0.25, -0.2) is 18.1 Å². The number of carbonyl (C=O) groups is 1. The highest BCUT2D eigenvalue weighted by molar-refractivity contribution is 7.90. The number of aromatic nitrogens is 3. The Morgan fingerprint density at radius 3 is 2.50 bits per heavy atom. The summed E-state index contributed by atoms with van der Waals surface area (Å²) in [5.41, 5.74) is 1.68. The zero-order valence-corrected chi connectivity index (χ0v) is 13.6. The fraction of sp³-hybridized carbons (Fsp3) is 0.0625. The molecule has 0 bridgehead atoms. The summed E-state index contributed by atoms with van der Waals surface area (Å²) in [4.78, 5) is 16.3. The number of amides is 1. The van der Waals surface area contributed by atoms with Crippen LogP contribution in [0.3, 0.4) is 0 Å². The molecule has 0 spiro atoms. The molecule has 7 nitrogen and oxygen atoms in total. The number of benzene rings is 2. The number of carbonyl (C=O) groups excluding carboxylic acids is 1. The van der Waals surface area contributed by atoms with Crippen LogP contribution < -0.4 is 5.32 Å². The molecule has 3 aromatic rings. The van der Waals surface area contributed by atoms with Gasteiger partial charge in [0, 0.05) is 17.5 Å². The van der Waals surface area contributed by atoms with E-state index in [0.717, 1.165) is 11.9 Å².